The van der Waals surface area contributed by atoms with Gasteiger partial charge in [0.15, 0.2) is 5.76 Å². The van der Waals surface area contributed by atoms with Crippen molar-refractivity contribution in [1.82, 2.24) is 9.80 Å². The molecule has 0 saturated carbocycles. The van der Waals surface area contributed by atoms with E-state index in [9.17, 15) is 9.59 Å². The Morgan fingerprint density at radius 3 is 2.30 bits per heavy atom. The van der Waals surface area contributed by atoms with Crippen LogP contribution in [-0.4, -0.2) is 47.9 Å². The summed E-state index contributed by atoms with van der Waals surface area (Å²) in [6.07, 6.45) is 1.48. The van der Waals surface area contributed by atoms with E-state index in [1.807, 2.05) is 54.6 Å². The number of carbonyl (C=O) groups excluding carboxylic acids is 2. The van der Waals surface area contributed by atoms with Gasteiger partial charge in [-0.25, -0.2) is 4.79 Å². The molecule has 0 atom stereocenters. The predicted octanol–water partition coefficient (Wildman–Crippen LogP) is 3.85. The molecule has 1 aliphatic heterocycles. The third-order valence-corrected chi connectivity index (χ3v) is 4.98. The summed E-state index contributed by atoms with van der Waals surface area (Å²) in [5.41, 5.74) is 1.61. The Hall–Kier alpha value is -3.74. The molecule has 154 valence electrons. The van der Waals surface area contributed by atoms with Crippen molar-refractivity contribution in [2.75, 3.05) is 31.5 Å². The van der Waals surface area contributed by atoms with Crippen LogP contribution in [0.25, 0.3) is 0 Å². The highest BCUT2D eigenvalue weighted by Gasteiger charge is 2.26. The van der Waals surface area contributed by atoms with Gasteiger partial charge in [0.2, 0.25) is 0 Å². The Morgan fingerprint density at radius 2 is 1.57 bits per heavy atom. The number of carbonyl (C=O) groups is 2. The zero-order valence-corrected chi connectivity index (χ0v) is 16.5. The molecular weight excluding hydrogens is 382 g/mol. The van der Waals surface area contributed by atoms with Crippen molar-refractivity contribution in [1.29, 1.82) is 0 Å². The molecule has 4 rings (SSSR count). The normalized spacial score (nSPS) is 13.7. The smallest absolute Gasteiger partial charge is 0.321 e. The van der Waals surface area contributed by atoms with E-state index in [1.165, 1.54) is 6.26 Å². The Bertz CT molecular complexity index is 981. The Morgan fingerprint density at radius 1 is 0.867 bits per heavy atom. The van der Waals surface area contributed by atoms with Gasteiger partial charge in [-0.05, 0) is 30.3 Å². The minimum atomic E-state index is -0.188. The second-order valence-electron chi connectivity index (χ2n) is 6.95. The first-order chi connectivity index (χ1) is 14.7. The average molecular weight is 405 g/mol. The fourth-order valence-electron chi connectivity index (χ4n) is 3.31. The van der Waals surface area contributed by atoms with E-state index >= 15 is 0 Å². The quantitative estimate of drug-likeness (QED) is 0.700. The number of nitrogens with one attached hydrogen (secondary N) is 1. The molecule has 1 fully saturated rings. The van der Waals surface area contributed by atoms with Crippen LogP contribution >= 0.6 is 0 Å². The molecule has 7 nitrogen and oxygen atoms in total. The van der Waals surface area contributed by atoms with E-state index in [0.29, 0.717) is 44.2 Å². The molecule has 3 aromatic rings. The number of amides is 3. The SMILES string of the molecule is O=C(Nc1ccccc1COc1ccccc1)N1CCN(C(=O)c2ccco2)CC1. The standard InChI is InChI=1S/C23H23N3O4/c27-22(21-11-6-16-29-21)25-12-14-26(15-13-25)23(28)24-20-10-5-4-7-18(20)17-30-19-8-2-1-3-9-19/h1-11,16H,12-15,17H2,(H,24,28). The van der Waals surface area contributed by atoms with Crippen molar-refractivity contribution >= 4 is 17.6 Å². The van der Waals surface area contributed by atoms with Crippen LogP contribution in [0.5, 0.6) is 5.75 Å². The van der Waals surface area contributed by atoms with Gasteiger partial charge in [0.25, 0.3) is 5.91 Å². The second-order valence-corrected chi connectivity index (χ2v) is 6.95. The maximum absolute atomic E-state index is 12.8. The Balaban J connectivity index is 1.33. The summed E-state index contributed by atoms with van der Waals surface area (Å²) < 4.78 is 11.0. The zero-order valence-electron chi connectivity index (χ0n) is 16.5. The fraction of sp³-hybridized carbons (Fsp3) is 0.217. The number of hydrogen-bond acceptors (Lipinski definition) is 4. The van der Waals surface area contributed by atoms with Gasteiger partial charge in [-0.3, -0.25) is 4.79 Å². The van der Waals surface area contributed by atoms with Crippen LogP contribution in [0.2, 0.25) is 0 Å². The van der Waals surface area contributed by atoms with E-state index < -0.39 is 0 Å². The number of hydrogen-bond donors (Lipinski definition) is 1. The molecule has 7 heteroatoms. The topological polar surface area (TPSA) is 75.0 Å². The average Bonchev–Trinajstić information content (AvgIpc) is 3.34. The van der Waals surface area contributed by atoms with E-state index in [-0.39, 0.29) is 11.9 Å². The van der Waals surface area contributed by atoms with Gasteiger partial charge in [-0.1, -0.05) is 36.4 Å². The van der Waals surface area contributed by atoms with Crippen molar-refractivity contribution in [2.45, 2.75) is 6.61 Å². The number of rotatable bonds is 5. The highest BCUT2D eigenvalue weighted by Crippen LogP contribution is 2.19. The third kappa shape index (κ3) is 4.63. The summed E-state index contributed by atoms with van der Waals surface area (Å²) in [7, 11) is 0. The first-order valence-electron chi connectivity index (χ1n) is 9.85. The molecule has 1 N–H and O–H groups in total. The lowest BCUT2D eigenvalue weighted by Gasteiger charge is -2.34. The van der Waals surface area contributed by atoms with Gasteiger partial charge >= 0.3 is 6.03 Å². The van der Waals surface area contributed by atoms with E-state index in [1.54, 1.807) is 21.9 Å². The van der Waals surface area contributed by atoms with Crippen LogP contribution in [0.15, 0.2) is 77.4 Å². The van der Waals surface area contributed by atoms with E-state index in [4.69, 9.17) is 9.15 Å². The van der Waals surface area contributed by atoms with Gasteiger partial charge in [-0.2, -0.15) is 0 Å². The minimum Gasteiger partial charge on any atom is -0.489 e. The number of nitrogens with zero attached hydrogens (tertiary/aromatic N) is 2. The van der Waals surface area contributed by atoms with Crippen LogP contribution in [-0.2, 0) is 6.61 Å². The number of piperazine rings is 1. The molecule has 1 aromatic heterocycles. The minimum absolute atomic E-state index is 0.150. The summed E-state index contributed by atoms with van der Waals surface area (Å²) in [6, 6.07) is 20.3. The number of para-hydroxylation sites is 2. The molecular formula is C23H23N3O4. The number of ether oxygens (including phenoxy) is 1. The predicted molar refractivity (Wildman–Crippen MR) is 112 cm³/mol. The highest BCUT2D eigenvalue weighted by molar-refractivity contribution is 5.92. The number of benzene rings is 2. The van der Waals surface area contributed by atoms with Crippen LogP contribution in [0, 0.1) is 0 Å². The summed E-state index contributed by atoms with van der Waals surface area (Å²) in [5.74, 6) is 0.944. The fourth-order valence-corrected chi connectivity index (χ4v) is 3.31. The van der Waals surface area contributed by atoms with Crippen molar-refractivity contribution < 1.29 is 18.7 Å². The summed E-state index contributed by atoms with van der Waals surface area (Å²) in [4.78, 5) is 28.5. The molecule has 1 saturated heterocycles. The lowest BCUT2D eigenvalue weighted by Crippen LogP contribution is -2.51. The summed E-state index contributed by atoms with van der Waals surface area (Å²) in [5, 5.41) is 2.97. The maximum atomic E-state index is 12.8. The van der Waals surface area contributed by atoms with Crippen molar-refractivity contribution in [3.05, 3.63) is 84.3 Å². The van der Waals surface area contributed by atoms with Crippen LogP contribution in [0.1, 0.15) is 16.1 Å². The summed E-state index contributed by atoms with van der Waals surface area (Å²) in [6.45, 7) is 2.20. The number of urea groups is 1. The monoisotopic (exact) mass is 405 g/mol. The van der Waals surface area contributed by atoms with Gasteiger partial charge in [0.05, 0.1) is 6.26 Å². The molecule has 3 amide bonds. The zero-order chi connectivity index (χ0) is 20.8. The third-order valence-electron chi connectivity index (χ3n) is 4.98. The number of anilines is 1. The van der Waals surface area contributed by atoms with Crippen molar-refractivity contribution in [3.63, 3.8) is 0 Å². The maximum Gasteiger partial charge on any atom is 0.321 e. The molecule has 2 heterocycles. The van der Waals surface area contributed by atoms with Crippen LogP contribution in [0.3, 0.4) is 0 Å². The molecule has 30 heavy (non-hydrogen) atoms. The highest BCUT2D eigenvalue weighted by atomic mass is 16.5. The van der Waals surface area contributed by atoms with Crippen LogP contribution in [0.4, 0.5) is 10.5 Å². The largest absolute Gasteiger partial charge is 0.489 e. The second kappa shape index (κ2) is 9.17. The lowest BCUT2D eigenvalue weighted by atomic mass is 10.2. The molecule has 2 aromatic carbocycles. The molecule has 0 aliphatic carbocycles. The molecule has 1 aliphatic rings. The number of furan rings is 1. The lowest BCUT2D eigenvalue weighted by molar-refractivity contribution is 0.0640. The summed E-state index contributed by atoms with van der Waals surface area (Å²) >= 11 is 0. The van der Waals surface area contributed by atoms with Crippen LogP contribution < -0.4 is 10.1 Å². The van der Waals surface area contributed by atoms with Crippen molar-refractivity contribution in [3.8, 4) is 5.75 Å². The van der Waals surface area contributed by atoms with Gasteiger partial charge < -0.3 is 24.3 Å². The molecule has 0 spiro atoms. The molecule has 0 unspecified atom stereocenters. The van der Waals surface area contributed by atoms with Gasteiger partial charge in [0, 0.05) is 37.4 Å². The first kappa shape index (κ1) is 19.6. The molecule has 0 radical (unpaired) electrons. The molecule has 0 bridgehead atoms. The van der Waals surface area contributed by atoms with E-state index in [2.05, 4.69) is 5.32 Å². The Kier molecular flexibility index (Phi) is 5.98. The van der Waals surface area contributed by atoms with E-state index in [0.717, 1.165) is 11.3 Å². The van der Waals surface area contributed by atoms with Gasteiger partial charge in [0.1, 0.15) is 12.4 Å². The van der Waals surface area contributed by atoms with Gasteiger partial charge in [-0.15, -0.1) is 0 Å². The Labute approximate surface area is 174 Å². The van der Waals surface area contributed by atoms with Crippen molar-refractivity contribution in [2.24, 2.45) is 0 Å². The first-order valence-corrected chi connectivity index (χ1v) is 9.85.